The number of nitrogens with one attached hydrogen (secondary N) is 2. The molecule has 11 heavy (non-hydrogen) atoms. The van der Waals surface area contributed by atoms with Gasteiger partial charge in [-0.2, -0.15) is 0 Å². The quantitative estimate of drug-likeness (QED) is 0.548. The minimum absolute atomic E-state index is 0.538. The molecule has 0 bridgehead atoms. The summed E-state index contributed by atoms with van der Waals surface area (Å²) in [6.07, 6.45) is 4.94. The van der Waals surface area contributed by atoms with E-state index in [1.165, 1.54) is 0 Å². The highest BCUT2D eigenvalue weighted by Gasteiger charge is 2.01. The molecule has 0 saturated heterocycles. The molecule has 0 atom stereocenters. The third-order valence-electron chi connectivity index (χ3n) is 1.32. The Balaban J connectivity index is 2.45. The van der Waals surface area contributed by atoms with E-state index in [0.29, 0.717) is 17.5 Å². The van der Waals surface area contributed by atoms with Gasteiger partial charge in [0.15, 0.2) is 11.6 Å². The molecule has 2 aromatic rings. The Hall–Kier alpha value is -1.78. The zero-order chi connectivity index (χ0) is 7.68. The highest BCUT2D eigenvalue weighted by molar-refractivity contribution is 5.46. The van der Waals surface area contributed by atoms with Crippen molar-refractivity contribution in [1.82, 2.24) is 19.9 Å². The SMILES string of the molecule is Nc1cnc(-c2ncc[nH]2)[nH]1. The summed E-state index contributed by atoms with van der Waals surface area (Å²) in [5.41, 5.74) is 5.42. The smallest absolute Gasteiger partial charge is 0.175 e. The van der Waals surface area contributed by atoms with Gasteiger partial charge in [-0.1, -0.05) is 0 Å². The Kier molecular flexibility index (Phi) is 1.15. The first-order valence-electron chi connectivity index (χ1n) is 3.16. The van der Waals surface area contributed by atoms with Crippen molar-refractivity contribution in [2.75, 3.05) is 5.73 Å². The third-order valence-corrected chi connectivity index (χ3v) is 1.32. The Morgan fingerprint density at radius 1 is 1.27 bits per heavy atom. The number of hydrogen-bond acceptors (Lipinski definition) is 3. The van der Waals surface area contributed by atoms with Gasteiger partial charge in [0, 0.05) is 12.4 Å². The van der Waals surface area contributed by atoms with Crippen molar-refractivity contribution in [1.29, 1.82) is 0 Å². The summed E-state index contributed by atoms with van der Waals surface area (Å²) in [4.78, 5) is 13.7. The van der Waals surface area contributed by atoms with Crippen LogP contribution in [-0.2, 0) is 0 Å². The first-order valence-corrected chi connectivity index (χ1v) is 3.16. The Morgan fingerprint density at radius 2 is 2.18 bits per heavy atom. The summed E-state index contributed by atoms with van der Waals surface area (Å²) in [6.45, 7) is 0. The van der Waals surface area contributed by atoms with Crippen LogP contribution in [0.3, 0.4) is 0 Å². The molecule has 2 aromatic heterocycles. The fraction of sp³-hybridized carbons (Fsp3) is 0. The molecule has 0 aliphatic heterocycles. The van der Waals surface area contributed by atoms with Crippen LogP contribution in [0.5, 0.6) is 0 Å². The van der Waals surface area contributed by atoms with Crippen molar-refractivity contribution in [2.45, 2.75) is 0 Å². The van der Waals surface area contributed by atoms with E-state index in [9.17, 15) is 0 Å². The van der Waals surface area contributed by atoms with Crippen LogP contribution in [-0.4, -0.2) is 19.9 Å². The van der Waals surface area contributed by atoms with Crippen LogP contribution in [0.2, 0.25) is 0 Å². The first-order chi connectivity index (χ1) is 5.36. The molecule has 0 amide bonds. The minimum Gasteiger partial charge on any atom is -0.384 e. The van der Waals surface area contributed by atoms with Crippen molar-refractivity contribution in [3.63, 3.8) is 0 Å². The molecular formula is C6H7N5. The van der Waals surface area contributed by atoms with E-state index in [1.807, 2.05) is 0 Å². The van der Waals surface area contributed by atoms with E-state index < -0.39 is 0 Å². The fourth-order valence-electron chi connectivity index (χ4n) is 0.850. The van der Waals surface area contributed by atoms with E-state index >= 15 is 0 Å². The van der Waals surface area contributed by atoms with E-state index in [-0.39, 0.29) is 0 Å². The maximum absolute atomic E-state index is 5.42. The number of H-pyrrole nitrogens is 2. The molecule has 0 aliphatic carbocycles. The zero-order valence-corrected chi connectivity index (χ0v) is 5.70. The molecule has 5 heteroatoms. The lowest BCUT2D eigenvalue weighted by molar-refractivity contribution is 1.20. The summed E-state index contributed by atoms with van der Waals surface area (Å²) in [7, 11) is 0. The predicted octanol–water partition coefficient (Wildman–Crippen LogP) is 0.382. The minimum atomic E-state index is 0.538. The van der Waals surface area contributed by atoms with E-state index in [4.69, 9.17) is 5.73 Å². The summed E-state index contributed by atoms with van der Waals surface area (Å²) in [5, 5.41) is 0. The van der Waals surface area contributed by atoms with Crippen LogP contribution in [0.1, 0.15) is 0 Å². The van der Waals surface area contributed by atoms with Crippen molar-refractivity contribution < 1.29 is 0 Å². The molecule has 0 unspecified atom stereocenters. The van der Waals surface area contributed by atoms with Gasteiger partial charge in [0.1, 0.15) is 5.82 Å². The zero-order valence-electron chi connectivity index (χ0n) is 5.70. The molecule has 0 saturated carbocycles. The molecule has 4 N–H and O–H groups in total. The normalized spacial score (nSPS) is 10.2. The molecule has 56 valence electrons. The second-order valence-electron chi connectivity index (χ2n) is 2.12. The highest BCUT2D eigenvalue weighted by atomic mass is 15.0. The summed E-state index contributed by atoms with van der Waals surface area (Å²) in [6, 6.07) is 0. The predicted molar refractivity (Wildman–Crippen MR) is 40.6 cm³/mol. The maximum atomic E-state index is 5.42. The lowest BCUT2D eigenvalue weighted by Gasteiger charge is -1.86. The summed E-state index contributed by atoms with van der Waals surface area (Å²) >= 11 is 0. The second-order valence-corrected chi connectivity index (χ2v) is 2.12. The Bertz CT molecular complexity index is 333. The fourth-order valence-corrected chi connectivity index (χ4v) is 0.850. The van der Waals surface area contributed by atoms with Crippen LogP contribution >= 0.6 is 0 Å². The number of nitrogens with two attached hydrogens (primary N) is 1. The van der Waals surface area contributed by atoms with E-state index in [2.05, 4.69) is 19.9 Å². The van der Waals surface area contributed by atoms with Gasteiger partial charge in [-0.25, -0.2) is 9.97 Å². The number of rotatable bonds is 1. The van der Waals surface area contributed by atoms with Gasteiger partial charge in [0.05, 0.1) is 6.20 Å². The number of aromatic amines is 2. The van der Waals surface area contributed by atoms with Gasteiger partial charge >= 0.3 is 0 Å². The van der Waals surface area contributed by atoms with Crippen LogP contribution in [0.4, 0.5) is 5.82 Å². The Morgan fingerprint density at radius 3 is 2.73 bits per heavy atom. The molecule has 0 aromatic carbocycles. The van der Waals surface area contributed by atoms with Crippen LogP contribution in [0, 0.1) is 0 Å². The van der Waals surface area contributed by atoms with Crippen LogP contribution < -0.4 is 5.73 Å². The number of imidazole rings is 2. The van der Waals surface area contributed by atoms with E-state index in [1.54, 1.807) is 18.6 Å². The molecule has 2 heterocycles. The molecule has 0 fully saturated rings. The largest absolute Gasteiger partial charge is 0.384 e. The van der Waals surface area contributed by atoms with Crippen molar-refractivity contribution >= 4 is 5.82 Å². The molecule has 0 aliphatic rings. The van der Waals surface area contributed by atoms with Crippen LogP contribution in [0.15, 0.2) is 18.6 Å². The second kappa shape index (κ2) is 2.12. The molecule has 5 nitrogen and oxygen atoms in total. The molecular weight excluding hydrogens is 142 g/mol. The lowest BCUT2D eigenvalue weighted by Crippen LogP contribution is -1.85. The average Bonchev–Trinajstić information content (AvgIpc) is 2.55. The standard InChI is InChI=1S/C6H7N5/c7-4-3-10-6(11-4)5-8-1-2-9-5/h1-3H,7H2,(H,8,9)(H,10,11). The highest BCUT2D eigenvalue weighted by Crippen LogP contribution is 2.09. The monoisotopic (exact) mass is 149 g/mol. The number of nitrogens with zero attached hydrogens (tertiary/aromatic N) is 2. The first kappa shape index (κ1) is 5.96. The topological polar surface area (TPSA) is 83.4 Å². The average molecular weight is 149 g/mol. The summed E-state index contributed by atoms with van der Waals surface area (Å²) < 4.78 is 0. The van der Waals surface area contributed by atoms with Crippen LogP contribution in [0.25, 0.3) is 11.6 Å². The van der Waals surface area contributed by atoms with E-state index in [0.717, 1.165) is 0 Å². The maximum Gasteiger partial charge on any atom is 0.175 e. The third kappa shape index (κ3) is 0.958. The number of hydrogen-bond donors (Lipinski definition) is 3. The van der Waals surface area contributed by atoms with Gasteiger partial charge in [0.2, 0.25) is 0 Å². The van der Waals surface area contributed by atoms with Crippen molar-refractivity contribution in [3.05, 3.63) is 18.6 Å². The lowest BCUT2D eigenvalue weighted by atomic mass is 10.6. The molecule has 2 rings (SSSR count). The van der Waals surface area contributed by atoms with Gasteiger partial charge in [0.25, 0.3) is 0 Å². The van der Waals surface area contributed by atoms with Gasteiger partial charge in [-0.05, 0) is 0 Å². The van der Waals surface area contributed by atoms with Crippen molar-refractivity contribution in [3.8, 4) is 11.6 Å². The van der Waals surface area contributed by atoms with Gasteiger partial charge < -0.3 is 15.7 Å². The van der Waals surface area contributed by atoms with Gasteiger partial charge in [-0.15, -0.1) is 0 Å². The number of anilines is 1. The van der Waals surface area contributed by atoms with Crippen molar-refractivity contribution in [2.24, 2.45) is 0 Å². The molecule has 0 spiro atoms. The Labute approximate surface area is 62.7 Å². The summed E-state index contributed by atoms with van der Waals surface area (Å²) in [5.74, 6) is 1.89. The molecule has 0 radical (unpaired) electrons. The number of aromatic nitrogens is 4. The number of nitrogen functional groups attached to an aromatic ring is 1. The van der Waals surface area contributed by atoms with Gasteiger partial charge in [-0.3, -0.25) is 0 Å².